The number of thioether (sulfide) groups is 1. The van der Waals surface area contributed by atoms with Crippen LogP contribution in [0.3, 0.4) is 0 Å². The molecule has 0 spiro atoms. The van der Waals surface area contributed by atoms with Gasteiger partial charge >= 0.3 is 0 Å². The average molecular weight is 268 g/mol. The number of nitrogens with zero attached hydrogens (tertiary/aromatic N) is 1. The summed E-state index contributed by atoms with van der Waals surface area (Å²) in [6.45, 7) is 8.65. The molecule has 0 radical (unpaired) electrons. The first-order chi connectivity index (χ1) is 8.74. The van der Waals surface area contributed by atoms with Gasteiger partial charge in [-0.1, -0.05) is 13.8 Å². The molecule has 0 aromatic carbocycles. The zero-order valence-corrected chi connectivity index (χ0v) is 12.7. The molecule has 2 nitrogen and oxygen atoms in total. The van der Waals surface area contributed by atoms with E-state index in [1.54, 1.807) is 0 Å². The third kappa shape index (κ3) is 3.05. The molecule has 0 aromatic heterocycles. The van der Waals surface area contributed by atoms with E-state index in [2.05, 4.69) is 35.8 Å². The molecule has 2 saturated heterocycles. The topological polar surface area (TPSA) is 15.3 Å². The molecule has 3 atom stereocenters. The normalized spacial score (nSPS) is 38.5. The Morgan fingerprint density at radius 3 is 2.72 bits per heavy atom. The second kappa shape index (κ2) is 5.72. The summed E-state index contributed by atoms with van der Waals surface area (Å²) < 4.78 is 0. The van der Waals surface area contributed by atoms with E-state index >= 15 is 0 Å². The van der Waals surface area contributed by atoms with E-state index in [1.165, 1.54) is 51.1 Å². The first-order valence-corrected chi connectivity index (χ1v) is 8.88. The standard InChI is InChI=1S/C15H28N2S/c1-11(2)15-8-16-14(12-5-6-12)10-17(15)9-13-4-3-7-18-13/h11-16H,3-10H2,1-2H3. The minimum atomic E-state index is 0.765. The van der Waals surface area contributed by atoms with Crippen molar-refractivity contribution in [2.75, 3.05) is 25.4 Å². The summed E-state index contributed by atoms with van der Waals surface area (Å²) in [4.78, 5) is 2.83. The lowest BCUT2D eigenvalue weighted by Gasteiger charge is -2.43. The molecule has 3 fully saturated rings. The maximum Gasteiger partial charge on any atom is 0.0244 e. The van der Waals surface area contributed by atoms with Crippen LogP contribution in [0.15, 0.2) is 0 Å². The predicted molar refractivity (Wildman–Crippen MR) is 80.2 cm³/mol. The third-order valence-corrected chi connectivity index (χ3v) is 6.29. The Balaban J connectivity index is 1.60. The minimum absolute atomic E-state index is 0.765. The molecule has 1 saturated carbocycles. The summed E-state index contributed by atoms with van der Waals surface area (Å²) in [6, 6.07) is 1.56. The molecule has 0 aromatic rings. The molecule has 3 unspecified atom stereocenters. The van der Waals surface area contributed by atoms with Crippen molar-refractivity contribution in [2.45, 2.75) is 56.9 Å². The fraction of sp³-hybridized carbons (Fsp3) is 1.00. The van der Waals surface area contributed by atoms with E-state index in [1.807, 2.05) is 0 Å². The molecule has 2 aliphatic heterocycles. The van der Waals surface area contributed by atoms with E-state index in [0.29, 0.717) is 0 Å². The van der Waals surface area contributed by atoms with E-state index in [0.717, 1.165) is 29.2 Å². The van der Waals surface area contributed by atoms with Gasteiger partial charge in [0.2, 0.25) is 0 Å². The van der Waals surface area contributed by atoms with Crippen LogP contribution >= 0.6 is 11.8 Å². The Morgan fingerprint density at radius 1 is 1.28 bits per heavy atom. The number of nitrogens with one attached hydrogen (secondary N) is 1. The Morgan fingerprint density at radius 2 is 2.11 bits per heavy atom. The second-order valence-corrected chi connectivity index (χ2v) is 8.16. The Kier molecular flexibility index (Phi) is 4.21. The molecule has 0 amide bonds. The first kappa shape index (κ1) is 13.3. The van der Waals surface area contributed by atoms with Crippen molar-refractivity contribution in [3.05, 3.63) is 0 Å². The lowest BCUT2D eigenvalue weighted by atomic mass is 9.96. The molecule has 18 heavy (non-hydrogen) atoms. The molecular formula is C15H28N2S. The molecule has 3 rings (SSSR count). The molecule has 3 aliphatic rings. The van der Waals surface area contributed by atoms with Crippen LogP contribution in [0, 0.1) is 11.8 Å². The van der Waals surface area contributed by atoms with Crippen LogP contribution in [-0.2, 0) is 0 Å². The van der Waals surface area contributed by atoms with E-state index in [9.17, 15) is 0 Å². The maximum absolute atomic E-state index is 3.82. The lowest BCUT2D eigenvalue weighted by Crippen LogP contribution is -2.59. The molecular weight excluding hydrogens is 240 g/mol. The average Bonchev–Trinajstić information content (AvgIpc) is 3.08. The highest BCUT2D eigenvalue weighted by Gasteiger charge is 2.38. The monoisotopic (exact) mass is 268 g/mol. The number of hydrogen-bond donors (Lipinski definition) is 1. The van der Waals surface area contributed by atoms with Gasteiger partial charge in [0.1, 0.15) is 0 Å². The molecule has 1 N–H and O–H groups in total. The minimum Gasteiger partial charge on any atom is -0.311 e. The van der Waals surface area contributed by atoms with Crippen LogP contribution in [0.4, 0.5) is 0 Å². The summed E-state index contributed by atoms with van der Waals surface area (Å²) in [5, 5.41) is 4.74. The van der Waals surface area contributed by atoms with E-state index in [4.69, 9.17) is 0 Å². The summed E-state index contributed by atoms with van der Waals surface area (Å²) in [7, 11) is 0. The van der Waals surface area contributed by atoms with Crippen LogP contribution in [-0.4, -0.2) is 47.6 Å². The summed E-state index contributed by atoms with van der Waals surface area (Å²) in [5.41, 5.74) is 0. The van der Waals surface area contributed by atoms with Crippen molar-refractivity contribution < 1.29 is 0 Å². The van der Waals surface area contributed by atoms with Crippen molar-refractivity contribution >= 4 is 11.8 Å². The van der Waals surface area contributed by atoms with Crippen molar-refractivity contribution in [3.63, 3.8) is 0 Å². The van der Waals surface area contributed by atoms with Gasteiger partial charge in [0.15, 0.2) is 0 Å². The number of piperazine rings is 1. The summed E-state index contributed by atoms with van der Waals surface area (Å²) >= 11 is 2.21. The predicted octanol–water partition coefficient (Wildman–Crippen LogP) is 2.59. The third-order valence-electron chi connectivity index (χ3n) is 4.91. The van der Waals surface area contributed by atoms with Crippen LogP contribution < -0.4 is 5.32 Å². The quantitative estimate of drug-likeness (QED) is 0.844. The lowest BCUT2D eigenvalue weighted by molar-refractivity contribution is 0.0926. The van der Waals surface area contributed by atoms with Crippen LogP contribution in [0.2, 0.25) is 0 Å². The van der Waals surface area contributed by atoms with Gasteiger partial charge in [0, 0.05) is 37.0 Å². The van der Waals surface area contributed by atoms with Crippen molar-refractivity contribution in [3.8, 4) is 0 Å². The van der Waals surface area contributed by atoms with Gasteiger partial charge in [-0.2, -0.15) is 11.8 Å². The van der Waals surface area contributed by atoms with Gasteiger partial charge in [-0.25, -0.2) is 0 Å². The van der Waals surface area contributed by atoms with Gasteiger partial charge in [0.05, 0.1) is 0 Å². The van der Waals surface area contributed by atoms with Gasteiger partial charge < -0.3 is 5.32 Å². The van der Waals surface area contributed by atoms with Crippen LogP contribution in [0.25, 0.3) is 0 Å². The zero-order chi connectivity index (χ0) is 12.5. The zero-order valence-electron chi connectivity index (χ0n) is 11.9. The molecule has 2 heterocycles. The van der Waals surface area contributed by atoms with Crippen LogP contribution in [0.5, 0.6) is 0 Å². The second-order valence-electron chi connectivity index (χ2n) is 6.75. The first-order valence-electron chi connectivity index (χ1n) is 7.83. The van der Waals surface area contributed by atoms with Gasteiger partial charge in [-0.3, -0.25) is 4.90 Å². The largest absolute Gasteiger partial charge is 0.311 e. The van der Waals surface area contributed by atoms with E-state index in [-0.39, 0.29) is 0 Å². The number of rotatable bonds is 4. The van der Waals surface area contributed by atoms with Crippen molar-refractivity contribution in [2.24, 2.45) is 11.8 Å². The highest BCUT2D eigenvalue weighted by Crippen LogP contribution is 2.35. The molecule has 104 valence electrons. The highest BCUT2D eigenvalue weighted by molar-refractivity contribution is 8.00. The van der Waals surface area contributed by atoms with Crippen molar-refractivity contribution in [1.82, 2.24) is 10.2 Å². The maximum atomic E-state index is 3.82. The summed E-state index contributed by atoms with van der Waals surface area (Å²) in [6.07, 6.45) is 5.83. The van der Waals surface area contributed by atoms with Gasteiger partial charge in [-0.05, 0) is 43.3 Å². The van der Waals surface area contributed by atoms with Gasteiger partial charge in [0.25, 0.3) is 0 Å². The highest BCUT2D eigenvalue weighted by atomic mass is 32.2. The fourth-order valence-corrected chi connectivity index (χ4v) is 4.88. The molecule has 3 heteroatoms. The smallest absolute Gasteiger partial charge is 0.0244 e. The Hall–Kier alpha value is 0.270. The molecule has 1 aliphatic carbocycles. The van der Waals surface area contributed by atoms with Crippen molar-refractivity contribution in [1.29, 1.82) is 0 Å². The Labute approximate surface area is 116 Å². The van der Waals surface area contributed by atoms with E-state index < -0.39 is 0 Å². The molecule has 0 bridgehead atoms. The fourth-order valence-electron chi connectivity index (χ4n) is 3.59. The summed E-state index contributed by atoms with van der Waals surface area (Å²) in [5.74, 6) is 3.18. The van der Waals surface area contributed by atoms with Crippen LogP contribution in [0.1, 0.15) is 39.5 Å². The SMILES string of the molecule is CC(C)C1CNC(C2CC2)CN1CC1CCCS1. The van der Waals surface area contributed by atoms with Gasteiger partial charge in [-0.15, -0.1) is 0 Å². The number of hydrogen-bond acceptors (Lipinski definition) is 3. The Bertz CT molecular complexity index is 270.